The SMILES string of the molecule is COCCCNC(=O)C(C)n1ccc(C(F)(F)F)cc1=O. The normalized spacial score (nSPS) is 13.0. The summed E-state index contributed by atoms with van der Waals surface area (Å²) in [4.78, 5) is 23.5. The predicted molar refractivity (Wildman–Crippen MR) is 69.9 cm³/mol. The molecule has 0 fully saturated rings. The Kier molecular flexibility index (Phi) is 5.95. The fraction of sp³-hybridized carbons (Fsp3) is 0.538. The Bertz CT molecular complexity index is 540. The number of ether oxygens (including phenoxy) is 1. The molecule has 1 aromatic heterocycles. The highest BCUT2D eigenvalue weighted by Gasteiger charge is 2.31. The summed E-state index contributed by atoms with van der Waals surface area (Å²) in [6, 6.07) is 0.368. The van der Waals surface area contributed by atoms with Gasteiger partial charge in [-0.25, -0.2) is 0 Å². The Balaban J connectivity index is 2.76. The number of halogens is 3. The lowest BCUT2D eigenvalue weighted by Gasteiger charge is -2.16. The van der Waals surface area contributed by atoms with Crippen LogP contribution in [0.5, 0.6) is 0 Å². The van der Waals surface area contributed by atoms with Gasteiger partial charge >= 0.3 is 6.18 Å². The summed E-state index contributed by atoms with van der Waals surface area (Å²) >= 11 is 0. The molecule has 0 aromatic carbocycles. The van der Waals surface area contributed by atoms with Gasteiger partial charge in [-0.05, 0) is 19.4 Å². The minimum Gasteiger partial charge on any atom is -0.385 e. The van der Waals surface area contributed by atoms with Gasteiger partial charge in [0.1, 0.15) is 6.04 Å². The lowest BCUT2D eigenvalue weighted by atomic mass is 10.2. The van der Waals surface area contributed by atoms with Crippen LogP contribution in [0, 0.1) is 0 Å². The van der Waals surface area contributed by atoms with Crippen molar-refractivity contribution < 1.29 is 22.7 Å². The van der Waals surface area contributed by atoms with Crippen molar-refractivity contribution in [2.75, 3.05) is 20.3 Å². The molecule has 0 saturated heterocycles. The van der Waals surface area contributed by atoms with Crippen molar-refractivity contribution in [2.45, 2.75) is 25.6 Å². The van der Waals surface area contributed by atoms with Gasteiger partial charge in [0.25, 0.3) is 5.56 Å². The van der Waals surface area contributed by atoms with Gasteiger partial charge in [0.2, 0.25) is 5.91 Å². The molecule has 118 valence electrons. The molecule has 1 N–H and O–H groups in total. The second kappa shape index (κ2) is 7.26. The third-order valence-electron chi connectivity index (χ3n) is 2.90. The number of rotatable bonds is 6. The molecular weight excluding hydrogens is 289 g/mol. The number of aromatic nitrogens is 1. The van der Waals surface area contributed by atoms with Gasteiger partial charge in [-0.1, -0.05) is 0 Å². The van der Waals surface area contributed by atoms with E-state index in [1.165, 1.54) is 14.0 Å². The molecule has 0 spiro atoms. The molecule has 8 heteroatoms. The summed E-state index contributed by atoms with van der Waals surface area (Å²) in [5, 5.41) is 2.59. The summed E-state index contributed by atoms with van der Waals surface area (Å²) in [6.07, 6.45) is -2.99. The van der Waals surface area contributed by atoms with Crippen LogP contribution in [0.1, 0.15) is 24.9 Å². The Morgan fingerprint density at radius 1 is 1.48 bits per heavy atom. The van der Waals surface area contributed by atoms with Gasteiger partial charge < -0.3 is 14.6 Å². The van der Waals surface area contributed by atoms with Crippen LogP contribution in [0.3, 0.4) is 0 Å². The Morgan fingerprint density at radius 2 is 2.14 bits per heavy atom. The van der Waals surface area contributed by atoms with Crippen molar-refractivity contribution in [3.8, 4) is 0 Å². The van der Waals surface area contributed by atoms with Gasteiger partial charge in [0, 0.05) is 32.5 Å². The summed E-state index contributed by atoms with van der Waals surface area (Å²) in [5.74, 6) is -0.437. The summed E-state index contributed by atoms with van der Waals surface area (Å²) in [6.45, 7) is 2.29. The highest BCUT2D eigenvalue weighted by atomic mass is 19.4. The minimum absolute atomic E-state index is 0.367. The molecule has 1 rings (SSSR count). The second-order valence-corrected chi connectivity index (χ2v) is 4.47. The second-order valence-electron chi connectivity index (χ2n) is 4.47. The van der Waals surface area contributed by atoms with Crippen LogP contribution < -0.4 is 10.9 Å². The first-order chi connectivity index (χ1) is 9.77. The molecule has 1 amide bonds. The summed E-state index contributed by atoms with van der Waals surface area (Å²) in [5.41, 5.74) is -1.90. The fourth-order valence-corrected chi connectivity index (χ4v) is 1.69. The lowest BCUT2D eigenvalue weighted by molar-refractivity contribution is -0.137. The van der Waals surface area contributed by atoms with Gasteiger partial charge in [-0.3, -0.25) is 9.59 Å². The Labute approximate surface area is 119 Å². The van der Waals surface area contributed by atoms with Gasteiger partial charge in [-0.15, -0.1) is 0 Å². The molecule has 1 unspecified atom stereocenters. The third kappa shape index (κ3) is 4.89. The monoisotopic (exact) mass is 306 g/mol. The van der Waals surface area contributed by atoms with E-state index in [9.17, 15) is 22.8 Å². The molecular formula is C13H17F3N2O3. The first kappa shape index (κ1) is 17.2. The first-order valence-corrected chi connectivity index (χ1v) is 6.33. The largest absolute Gasteiger partial charge is 0.416 e. The average Bonchev–Trinajstić information content (AvgIpc) is 2.41. The quantitative estimate of drug-likeness (QED) is 0.812. The number of alkyl halides is 3. The number of methoxy groups -OCH3 is 1. The molecule has 0 radical (unpaired) electrons. The molecule has 0 aliphatic rings. The van der Waals surface area contributed by atoms with Crippen LogP contribution in [0.15, 0.2) is 23.1 Å². The van der Waals surface area contributed by atoms with E-state index in [0.717, 1.165) is 16.8 Å². The fourth-order valence-electron chi connectivity index (χ4n) is 1.69. The summed E-state index contributed by atoms with van der Waals surface area (Å²) < 4.78 is 43.2. The van der Waals surface area contributed by atoms with Crippen molar-refractivity contribution in [1.29, 1.82) is 0 Å². The number of hydrogen-bond acceptors (Lipinski definition) is 3. The number of pyridine rings is 1. The van der Waals surface area contributed by atoms with E-state index < -0.39 is 29.2 Å². The maximum Gasteiger partial charge on any atom is 0.416 e. The number of nitrogens with one attached hydrogen (secondary N) is 1. The highest BCUT2D eigenvalue weighted by molar-refractivity contribution is 5.79. The van der Waals surface area contributed by atoms with Gasteiger partial charge in [0.05, 0.1) is 5.56 Å². The molecule has 1 aromatic rings. The Hall–Kier alpha value is -1.83. The maximum absolute atomic E-state index is 12.5. The van der Waals surface area contributed by atoms with Crippen molar-refractivity contribution in [3.05, 3.63) is 34.2 Å². The van der Waals surface area contributed by atoms with Crippen LogP contribution >= 0.6 is 0 Å². The van der Waals surface area contributed by atoms with E-state index in [2.05, 4.69) is 5.32 Å². The smallest absolute Gasteiger partial charge is 0.385 e. The third-order valence-corrected chi connectivity index (χ3v) is 2.90. The van der Waals surface area contributed by atoms with Gasteiger partial charge in [0.15, 0.2) is 0 Å². The topological polar surface area (TPSA) is 60.3 Å². The van der Waals surface area contributed by atoms with E-state index in [-0.39, 0.29) is 0 Å². The minimum atomic E-state index is -4.58. The lowest BCUT2D eigenvalue weighted by Crippen LogP contribution is -2.36. The van der Waals surface area contributed by atoms with Crippen molar-refractivity contribution in [1.82, 2.24) is 9.88 Å². The van der Waals surface area contributed by atoms with E-state index in [1.54, 1.807) is 0 Å². The molecule has 1 atom stereocenters. The number of nitrogens with zero attached hydrogens (tertiary/aromatic N) is 1. The van der Waals surface area contributed by atoms with Crippen LogP contribution in [0.4, 0.5) is 13.2 Å². The molecule has 0 bridgehead atoms. The van der Waals surface area contributed by atoms with Crippen LogP contribution in [0.2, 0.25) is 0 Å². The number of hydrogen-bond donors (Lipinski definition) is 1. The number of carbonyl (C=O) groups is 1. The molecule has 0 saturated carbocycles. The zero-order valence-electron chi connectivity index (χ0n) is 11.7. The van der Waals surface area contributed by atoms with E-state index >= 15 is 0 Å². The summed E-state index contributed by atoms with van der Waals surface area (Å²) in [7, 11) is 1.53. The zero-order chi connectivity index (χ0) is 16.0. The van der Waals surface area contributed by atoms with E-state index in [4.69, 9.17) is 4.74 Å². The van der Waals surface area contributed by atoms with Crippen molar-refractivity contribution in [3.63, 3.8) is 0 Å². The maximum atomic E-state index is 12.5. The molecule has 5 nitrogen and oxygen atoms in total. The van der Waals surface area contributed by atoms with Crippen molar-refractivity contribution in [2.24, 2.45) is 0 Å². The highest BCUT2D eigenvalue weighted by Crippen LogP contribution is 2.27. The first-order valence-electron chi connectivity index (χ1n) is 6.33. The average molecular weight is 306 g/mol. The van der Waals surface area contributed by atoms with Crippen LogP contribution in [0.25, 0.3) is 0 Å². The Morgan fingerprint density at radius 3 is 2.67 bits per heavy atom. The van der Waals surface area contributed by atoms with E-state index in [0.29, 0.717) is 25.6 Å². The van der Waals surface area contributed by atoms with Gasteiger partial charge in [-0.2, -0.15) is 13.2 Å². The molecule has 0 aliphatic carbocycles. The standard InChI is InChI=1S/C13H17F3N2O3/c1-9(12(20)17-5-3-7-21-2)18-6-4-10(8-11(18)19)13(14,15)16/h4,6,8-9H,3,5,7H2,1-2H3,(H,17,20). The van der Waals surface area contributed by atoms with E-state index in [1.807, 2.05) is 0 Å². The molecule has 21 heavy (non-hydrogen) atoms. The van der Waals surface area contributed by atoms with Crippen LogP contribution in [-0.4, -0.2) is 30.7 Å². The number of amides is 1. The van der Waals surface area contributed by atoms with Crippen molar-refractivity contribution >= 4 is 5.91 Å². The van der Waals surface area contributed by atoms with Crippen LogP contribution in [-0.2, 0) is 15.7 Å². The predicted octanol–water partition coefficient (Wildman–Crippen LogP) is 1.58. The molecule has 1 heterocycles. The molecule has 0 aliphatic heterocycles. The zero-order valence-corrected chi connectivity index (χ0v) is 11.7. The number of carbonyl (C=O) groups excluding carboxylic acids is 1.